The molecule has 2 aliphatic rings. The summed E-state index contributed by atoms with van der Waals surface area (Å²) in [6.45, 7) is 3.16. The largest absolute Gasteiger partial charge is 0.493 e. The zero-order chi connectivity index (χ0) is 25.1. The Morgan fingerprint density at radius 2 is 1.53 bits per heavy atom. The van der Waals surface area contributed by atoms with Crippen LogP contribution in [0.1, 0.15) is 11.1 Å². The lowest BCUT2D eigenvalue weighted by Crippen LogP contribution is -2.36. The number of methoxy groups -OCH3 is 2. The lowest BCUT2D eigenvalue weighted by molar-refractivity contribution is -0.113. The van der Waals surface area contributed by atoms with Crippen LogP contribution in [-0.2, 0) is 9.53 Å². The molecular weight excluding hydrogens is 476 g/mol. The van der Waals surface area contributed by atoms with E-state index in [-0.39, 0.29) is 5.91 Å². The number of benzene rings is 3. The van der Waals surface area contributed by atoms with Crippen LogP contribution in [0.15, 0.2) is 78.4 Å². The molecule has 184 valence electrons. The summed E-state index contributed by atoms with van der Waals surface area (Å²) >= 11 is 6.13. The Morgan fingerprint density at radius 3 is 2.19 bits per heavy atom. The summed E-state index contributed by atoms with van der Waals surface area (Å²) in [6, 6.07) is 21.2. The average Bonchev–Trinajstić information content (AvgIpc) is 3.25. The quantitative estimate of drug-likeness (QED) is 0.407. The van der Waals surface area contributed by atoms with Crippen molar-refractivity contribution in [3.05, 3.63) is 94.5 Å². The minimum atomic E-state index is -0.103. The molecule has 0 atom stereocenters. The van der Waals surface area contributed by atoms with E-state index in [4.69, 9.17) is 25.8 Å². The van der Waals surface area contributed by atoms with Gasteiger partial charge in [-0.25, -0.2) is 0 Å². The summed E-state index contributed by atoms with van der Waals surface area (Å²) in [6.07, 6.45) is 3.78. The molecule has 2 aliphatic heterocycles. The fourth-order valence-electron chi connectivity index (χ4n) is 4.46. The maximum Gasteiger partial charge on any atom is 0.262 e. The molecule has 0 saturated carbocycles. The van der Waals surface area contributed by atoms with Gasteiger partial charge in [-0.15, -0.1) is 0 Å². The number of amides is 1. The summed E-state index contributed by atoms with van der Waals surface area (Å²) in [5.74, 6) is 1.14. The van der Waals surface area contributed by atoms with E-state index in [1.165, 1.54) is 0 Å². The van der Waals surface area contributed by atoms with Crippen molar-refractivity contribution in [1.29, 1.82) is 0 Å². The fraction of sp³-hybridized carbons (Fsp3) is 0.207. The molecule has 0 radical (unpaired) electrons. The van der Waals surface area contributed by atoms with E-state index >= 15 is 0 Å². The highest BCUT2D eigenvalue weighted by Crippen LogP contribution is 2.37. The molecule has 0 N–H and O–H groups in total. The average molecular weight is 503 g/mol. The molecule has 0 bridgehead atoms. The second-order valence-corrected chi connectivity index (χ2v) is 8.94. The number of rotatable bonds is 6. The number of morpholine rings is 1. The Bertz CT molecular complexity index is 1310. The van der Waals surface area contributed by atoms with Gasteiger partial charge in [0, 0.05) is 35.1 Å². The number of halogens is 1. The van der Waals surface area contributed by atoms with Crippen LogP contribution >= 0.6 is 11.6 Å². The molecule has 1 saturated heterocycles. The third kappa shape index (κ3) is 4.83. The summed E-state index contributed by atoms with van der Waals surface area (Å²) in [4.78, 5) is 17.8. The van der Waals surface area contributed by atoms with E-state index in [1.807, 2.05) is 66.7 Å². The van der Waals surface area contributed by atoms with E-state index in [9.17, 15) is 4.79 Å². The van der Waals surface area contributed by atoms with E-state index < -0.39 is 0 Å². The van der Waals surface area contributed by atoms with Crippen molar-refractivity contribution in [2.24, 2.45) is 0 Å². The molecule has 7 heteroatoms. The van der Waals surface area contributed by atoms with Gasteiger partial charge in [-0.2, -0.15) is 0 Å². The molecular formula is C29H27ClN2O4. The van der Waals surface area contributed by atoms with E-state index in [0.717, 1.165) is 54.5 Å². The monoisotopic (exact) mass is 502 g/mol. The highest BCUT2D eigenvalue weighted by molar-refractivity contribution is 6.30. The maximum absolute atomic E-state index is 13.7. The molecule has 36 heavy (non-hydrogen) atoms. The molecule has 6 nitrogen and oxygen atoms in total. The summed E-state index contributed by atoms with van der Waals surface area (Å²) in [5.41, 5.74) is 5.03. The smallest absolute Gasteiger partial charge is 0.262 e. The number of hydrogen-bond donors (Lipinski definition) is 0. The van der Waals surface area contributed by atoms with E-state index in [2.05, 4.69) is 17.0 Å². The van der Waals surface area contributed by atoms with Gasteiger partial charge in [0.2, 0.25) is 0 Å². The SMILES string of the molecule is COc1ccc(C=C2C=C(c3ccc(Cl)cc3)N(c3ccc(N4CCOCC4)cc3)C2=O)cc1OC. The van der Waals surface area contributed by atoms with Gasteiger partial charge in [0.05, 0.1) is 33.1 Å². The zero-order valence-electron chi connectivity index (χ0n) is 20.2. The first-order valence-corrected chi connectivity index (χ1v) is 12.1. The van der Waals surface area contributed by atoms with E-state index in [0.29, 0.717) is 22.1 Å². The molecule has 1 fully saturated rings. The Morgan fingerprint density at radius 1 is 0.861 bits per heavy atom. The number of anilines is 2. The molecule has 2 heterocycles. The molecule has 3 aromatic rings. The van der Waals surface area contributed by atoms with Crippen LogP contribution in [0.2, 0.25) is 5.02 Å². The van der Waals surface area contributed by atoms with Gasteiger partial charge in [-0.1, -0.05) is 29.8 Å². The van der Waals surface area contributed by atoms with Crippen LogP contribution in [0.5, 0.6) is 11.5 Å². The standard InChI is InChI=1S/C29H27ClN2O4/c1-34-27-12-3-20(18-28(27)35-2)17-22-19-26(21-4-6-23(30)7-5-21)32(29(22)33)25-10-8-24(9-11-25)31-13-15-36-16-14-31/h3-12,17-19H,13-16H2,1-2H3. The number of nitrogens with zero attached hydrogens (tertiary/aromatic N) is 2. The fourth-order valence-corrected chi connectivity index (χ4v) is 4.59. The first-order valence-electron chi connectivity index (χ1n) is 11.8. The van der Waals surface area contributed by atoms with Crippen molar-refractivity contribution in [3.63, 3.8) is 0 Å². The molecule has 1 amide bonds. The first kappa shape index (κ1) is 24.0. The predicted octanol–water partition coefficient (Wildman–Crippen LogP) is 5.67. The highest BCUT2D eigenvalue weighted by atomic mass is 35.5. The van der Waals surface area contributed by atoms with Crippen LogP contribution in [0.4, 0.5) is 11.4 Å². The first-order chi connectivity index (χ1) is 17.6. The Labute approximate surface area is 215 Å². The van der Waals surface area contributed by atoms with Crippen molar-refractivity contribution in [2.45, 2.75) is 0 Å². The zero-order valence-corrected chi connectivity index (χ0v) is 21.0. The van der Waals surface area contributed by atoms with Crippen molar-refractivity contribution in [3.8, 4) is 11.5 Å². The van der Waals surface area contributed by atoms with Crippen LogP contribution in [-0.4, -0.2) is 46.4 Å². The van der Waals surface area contributed by atoms with Crippen LogP contribution in [0, 0.1) is 0 Å². The van der Waals surface area contributed by atoms with Crippen LogP contribution < -0.4 is 19.3 Å². The van der Waals surface area contributed by atoms with Crippen molar-refractivity contribution in [2.75, 3.05) is 50.3 Å². The van der Waals surface area contributed by atoms with Gasteiger partial charge < -0.3 is 19.1 Å². The van der Waals surface area contributed by atoms with Gasteiger partial charge in [0.25, 0.3) is 5.91 Å². The van der Waals surface area contributed by atoms with Crippen molar-refractivity contribution in [1.82, 2.24) is 0 Å². The van der Waals surface area contributed by atoms with Gasteiger partial charge >= 0.3 is 0 Å². The number of ether oxygens (including phenoxy) is 3. The van der Waals surface area contributed by atoms with Gasteiger partial charge in [0.1, 0.15) is 0 Å². The number of carbonyl (C=O) groups excluding carboxylic acids is 1. The summed E-state index contributed by atoms with van der Waals surface area (Å²) in [7, 11) is 3.19. The topological polar surface area (TPSA) is 51.2 Å². The molecule has 0 aromatic heterocycles. The second-order valence-electron chi connectivity index (χ2n) is 8.51. The molecule has 0 spiro atoms. The lowest BCUT2D eigenvalue weighted by Gasteiger charge is -2.29. The molecule has 0 aliphatic carbocycles. The van der Waals surface area contributed by atoms with Crippen LogP contribution in [0.3, 0.4) is 0 Å². The summed E-state index contributed by atoms with van der Waals surface area (Å²) < 4.78 is 16.2. The van der Waals surface area contributed by atoms with Gasteiger partial charge in [-0.3, -0.25) is 9.69 Å². The van der Waals surface area contributed by atoms with Gasteiger partial charge in [0.15, 0.2) is 11.5 Å². The minimum absolute atomic E-state index is 0.103. The number of carbonyl (C=O) groups is 1. The second kappa shape index (κ2) is 10.5. The van der Waals surface area contributed by atoms with Crippen molar-refractivity contribution < 1.29 is 19.0 Å². The van der Waals surface area contributed by atoms with E-state index in [1.54, 1.807) is 19.1 Å². The lowest BCUT2D eigenvalue weighted by atomic mass is 10.1. The van der Waals surface area contributed by atoms with Crippen molar-refractivity contribution >= 4 is 40.7 Å². The third-order valence-corrected chi connectivity index (χ3v) is 6.59. The third-order valence-electron chi connectivity index (χ3n) is 6.34. The summed E-state index contributed by atoms with van der Waals surface area (Å²) in [5, 5.41) is 0.645. The normalized spacial score (nSPS) is 16.9. The molecule has 3 aromatic carbocycles. The molecule has 5 rings (SSSR count). The Hall–Kier alpha value is -3.74. The minimum Gasteiger partial charge on any atom is -0.493 e. The Balaban J connectivity index is 1.52. The number of hydrogen-bond acceptors (Lipinski definition) is 5. The maximum atomic E-state index is 13.7. The predicted molar refractivity (Wildman–Crippen MR) is 144 cm³/mol. The molecule has 0 unspecified atom stereocenters. The highest BCUT2D eigenvalue weighted by Gasteiger charge is 2.30. The van der Waals surface area contributed by atoms with Gasteiger partial charge in [-0.05, 0) is 71.8 Å². The van der Waals surface area contributed by atoms with Crippen LogP contribution in [0.25, 0.3) is 11.8 Å². The Kier molecular flexibility index (Phi) is 6.98.